The molecule has 2 aliphatic rings. The Hall–Kier alpha value is -0.740. The molecule has 0 radical (unpaired) electrons. The lowest BCUT2D eigenvalue weighted by Gasteiger charge is -2.37. The quantitative estimate of drug-likeness (QED) is 0.645. The summed E-state index contributed by atoms with van der Waals surface area (Å²) in [4.78, 5) is 0. The molecule has 94 valence electrons. The standard InChI is InChI=1S/C13H17NO2.BrH/c15-12-4-3-9-10(13(12)16)2-1-8-5-6-14-7-11(8)9;/h3-4,8,11,14-16H,1-2,5-7H2;1H/t8-,11-;/m1./s1. The number of phenols is 2. The number of nitrogens with one attached hydrogen (secondary N) is 1. The van der Waals surface area contributed by atoms with Crippen LogP contribution < -0.4 is 5.32 Å². The van der Waals surface area contributed by atoms with Crippen LogP contribution in [0.1, 0.15) is 29.9 Å². The van der Waals surface area contributed by atoms with Crippen LogP contribution in [0.4, 0.5) is 0 Å². The summed E-state index contributed by atoms with van der Waals surface area (Å²) in [6, 6.07) is 3.60. The first kappa shape index (κ1) is 12.7. The van der Waals surface area contributed by atoms with Gasteiger partial charge in [-0.1, -0.05) is 6.07 Å². The fourth-order valence-corrected chi connectivity index (χ4v) is 3.20. The number of rotatable bonds is 0. The second kappa shape index (κ2) is 4.86. The smallest absolute Gasteiger partial charge is 0.160 e. The average molecular weight is 300 g/mol. The Morgan fingerprint density at radius 2 is 2.00 bits per heavy atom. The Kier molecular flexibility index (Phi) is 3.64. The van der Waals surface area contributed by atoms with Gasteiger partial charge in [0.25, 0.3) is 0 Å². The van der Waals surface area contributed by atoms with E-state index < -0.39 is 0 Å². The van der Waals surface area contributed by atoms with Crippen LogP contribution in [0.15, 0.2) is 12.1 Å². The summed E-state index contributed by atoms with van der Waals surface area (Å²) in [5, 5.41) is 22.8. The highest BCUT2D eigenvalue weighted by Crippen LogP contribution is 2.44. The molecule has 1 aliphatic heterocycles. The number of benzene rings is 1. The maximum Gasteiger partial charge on any atom is 0.160 e. The molecule has 0 unspecified atom stereocenters. The first-order valence-corrected chi connectivity index (χ1v) is 6.02. The molecule has 0 spiro atoms. The summed E-state index contributed by atoms with van der Waals surface area (Å²) >= 11 is 0. The number of hydrogen-bond acceptors (Lipinski definition) is 3. The van der Waals surface area contributed by atoms with Crippen LogP contribution in [-0.2, 0) is 6.42 Å². The molecule has 1 fully saturated rings. The molecule has 0 bridgehead atoms. The first-order chi connectivity index (χ1) is 7.77. The molecule has 3 N–H and O–H groups in total. The van der Waals surface area contributed by atoms with Crippen LogP contribution in [0, 0.1) is 5.92 Å². The molecule has 0 amide bonds. The van der Waals surface area contributed by atoms with Gasteiger partial charge in [-0.25, -0.2) is 0 Å². The van der Waals surface area contributed by atoms with Crippen molar-refractivity contribution in [1.29, 1.82) is 0 Å². The Bertz CT molecular complexity index is 422. The molecule has 1 saturated heterocycles. The van der Waals surface area contributed by atoms with Gasteiger partial charge in [-0.3, -0.25) is 0 Å². The van der Waals surface area contributed by atoms with Gasteiger partial charge in [-0.15, -0.1) is 17.0 Å². The Labute approximate surface area is 112 Å². The predicted molar refractivity (Wildman–Crippen MR) is 72.1 cm³/mol. The third-order valence-corrected chi connectivity index (χ3v) is 4.09. The topological polar surface area (TPSA) is 52.5 Å². The second-order valence-corrected chi connectivity index (χ2v) is 4.90. The Morgan fingerprint density at radius 3 is 2.82 bits per heavy atom. The molecule has 0 saturated carbocycles. The number of hydrogen-bond donors (Lipinski definition) is 3. The maximum atomic E-state index is 9.86. The highest BCUT2D eigenvalue weighted by atomic mass is 79.9. The van der Waals surface area contributed by atoms with Crippen LogP contribution in [-0.4, -0.2) is 23.3 Å². The Balaban J connectivity index is 0.00000108. The van der Waals surface area contributed by atoms with E-state index in [0.717, 1.165) is 37.4 Å². The number of piperidine rings is 1. The van der Waals surface area contributed by atoms with Crippen molar-refractivity contribution >= 4 is 17.0 Å². The lowest BCUT2D eigenvalue weighted by molar-refractivity contribution is 0.286. The predicted octanol–water partition coefficient (Wildman–Crippen LogP) is 2.31. The molecule has 2 atom stereocenters. The van der Waals surface area contributed by atoms with Crippen molar-refractivity contribution in [2.75, 3.05) is 13.1 Å². The summed E-state index contributed by atoms with van der Waals surface area (Å²) in [7, 11) is 0. The van der Waals surface area contributed by atoms with Gasteiger partial charge >= 0.3 is 0 Å². The van der Waals surface area contributed by atoms with Gasteiger partial charge in [0.05, 0.1) is 0 Å². The van der Waals surface area contributed by atoms with Gasteiger partial charge in [-0.2, -0.15) is 0 Å². The zero-order valence-electron chi connectivity index (χ0n) is 9.65. The molecular weight excluding hydrogens is 282 g/mol. The van der Waals surface area contributed by atoms with Crippen molar-refractivity contribution in [2.24, 2.45) is 5.92 Å². The monoisotopic (exact) mass is 299 g/mol. The van der Waals surface area contributed by atoms with E-state index in [0.29, 0.717) is 5.92 Å². The van der Waals surface area contributed by atoms with Crippen molar-refractivity contribution in [3.05, 3.63) is 23.3 Å². The molecule has 1 aliphatic carbocycles. The van der Waals surface area contributed by atoms with Gasteiger partial charge in [0.2, 0.25) is 0 Å². The number of halogens is 1. The van der Waals surface area contributed by atoms with Crippen LogP contribution in [0.2, 0.25) is 0 Å². The molecule has 3 rings (SSSR count). The lowest BCUT2D eigenvalue weighted by atomic mass is 9.72. The SMILES string of the molecule is Br.Oc1ccc2c(c1O)CC[C@@H]1CCNC[C@@H]21. The maximum absolute atomic E-state index is 9.86. The second-order valence-electron chi connectivity index (χ2n) is 4.90. The largest absolute Gasteiger partial charge is 0.504 e. The van der Waals surface area contributed by atoms with Gasteiger partial charge < -0.3 is 15.5 Å². The molecule has 0 aromatic heterocycles. The van der Waals surface area contributed by atoms with E-state index in [9.17, 15) is 10.2 Å². The molecule has 1 aromatic carbocycles. The molecule has 1 aromatic rings. The normalized spacial score (nSPS) is 26.6. The zero-order valence-corrected chi connectivity index (χ0v) is 11.4. The van der Waals surface area contributed by atoms with Crippen LogP contribution in [0.25, 0.3) is 0 Å². The van der Waals surface area contributed by atoms with Gasteiger partial charge in [0.1, 0.15) is 0 Å². The summed E-state index contributed by atoms with van der Waals surface area (Å²) in [5.41, 5.74) is 2.20. The van der Waals surface area contributed by atoms with Gasteiger partial charge in [-0.05, 0) is 49.3 Å². The van der Waals surface area contributed by atoms with Crippen molar-refractivity contribution in [3.63, 3.8) is 0 Å². The van der Waals surface area contributed by atoms with Crippen LogP contribution >= 0.6 is 17.0 Å². The van der Waals surface area contributed by atoms with Gasteiger partial charge in [0.15, 0.2) is 11.5 Å². The van der Waals surface area contributed by atoms with E-state index in [2.05, 4.69) is 5.32 Å². The van der Waals surface area contributed by atoms with E-state index in [-0.39, 0.29) is 28.5 Å². The van der Waals surface area contributed by atoms with E-state index in [1.54, 1.807) is 6.07 Å². The lowest BCUT2D eigenvalue weighted by Crippen LogP contribution is -2.37. The van der Waals surface area contributed by atoms with Crippen LogP contribution in [0.5, 0.6) is 11.5 Å². The fraction of sp³-hybridized carbons (Fsp3) is 0.538. The minimum absolute atomic E-state index is 0. The first-order valence-electron chi connectivity index (χ1n) is 6.02. The highest BCUT2D eigenvalue weighted by Gasteiger charge is 2.33. The average Bonchev–Trinajstić information content (AvgIpc) is 2.33. The van der Waals surface area contributed by atoms with Crippen molar-refractivity contribution in [1.82, 2.24) is 5.32 Å². The molecular formula is C13H18BrNO2. The third-order valence-electron chi connectivity index (χ3n) is 4.09. The Morgan fingerprint density at radius 1 is 1.18 bits per heavy atom. The fourth-order valence-electron chi connectivity index (χ4n) is 3.20. The molecule has 4 heteroatoms. The van der Waals surface area contributed by atoms with E-state index in [1.807, 2.05) is 6.07 Å². The molecule has 17 heavy (non-hydrogen) atoms. The van der Waals surface area contributed by atoms with E-state index in [4.69, 9.17) is 0 Å². The minimum atomic E-state index is 0. The zero-order chi connectivity index (χ0) is 11.1. The van der Waals surface area contributed by atoms with Crippen molar-refractivity contribution in [2.45, 2.75) is 25.2 Å². The van der Waals surface area contributed by atoms with Crippen LogP contribution in [0.3, 0.4) is 0 Å². The van der Waals surface area contributed by atoms with E-state index >= 15 is 0 Å². The van der Waals surface area contributed by atoms with Crippen molar-refractivity contribution < 1.29 is 10.2 Å². The highest BCUT2D eigenvalue weighted by molar-refractivity contribution is 8.93. The third kappa shape index (κ3) is 2.04. The van der Waals surface area contributed by atoms with Gasteiger partial charge in [0, 0.05) is 12.1 Å². The summed E-state index contributed by atoms with van der Waals surface area (Å²) < 4.78 is 0. The number of fused-ring (bicyclic) bond motifs is 3. The van der Waals surface area contributed by atoms with E-state index in [1.165, 1.54) is 12.0 Å². The summed E-state index contributed by atoms with van der Waals surface area (Å²) in [5.74, 6) is 1.38. The minimum Gasteiger partial charge on any atom is -0.504 e. The van der Waals surface area contributed by atoms with Crippen molar-refractivity contribution in [3.8, 4) is 11.5 Å². The molecule has 1 heterocycles. The summed E-state index contributed by atoms with van der Waals surface area (Å²) in [6.07, 6.45) is 3.26. The molecule has 3 nitrogen and oxygen atoms in total. The number of aromatic hydroxyl groups is 2. The summed E-state index contributed by atoms with van der Waals surface area (Å²) in [6.45, 7) is 2.11. The number of phenolic OH excluding ortho intramolecular Hbond substituents is 2.